The average molecular weight is 470 g/mol. The van der Waals surface area contributed by atoms with Crippen molar-refractivity contribution < 1.29 is 32.7 Å². The number of likely N-dealkylation sites (N-methyl/N-ethyl adjacent to an activating group) is 1. The summed E-state index contributed by atoms with van der Waals surface area (Å²) in [5.74, 6) is -2.05. The van der Waals surface area contributed by atoms with Gasteiger partial charge in [-0.1, -0.05) is 37.5 Å². The lowest BCUT2D eigenvalue weighted by atomic mass is 9.88. The van der Waals surface area contributed by atoms with Gasteiger partial charge in [0.2, 0.25) is 11.8 Å². The highest BCUT2D eigenvalue weighted by Gasteiger charge is 2.49. The van der Waals surface area contributed by atoms with Gasteiger partial charge in [-0.2, -0.15) is 13.2 Å². The zero-order valence-corrected chi connectivity index (χ0v) is 18.7. The summed E-state index contributed by atoms with van der Waals surface area (Å²) in [5.41, 5.74) is 0.843. The van der Waals surface area contributed by atoms with E-state index in [2.05, 4.69) is 9.80 Å². The van der Waals surface area contributed by atoms with Crippen molar-refractivity contribution in [2.45, 2.75) is 50.2 Å². The predicted molar refractivity (Wildman–Crippen MR) is 116 cm³/mol. The van der Waals surface area contributed by atoms with Crippen LogP contribution >= 0.6 is 0 Å². The van der Waals surface area contributed by atoms with Crippen molar-refractivity contribution >= 4 is 23.5 Å². The highest BCUT2D eigenvalue weighted by atomic mass is 19.4. The van der Waals surface area contributed by atoms with Crippen molar-refractivity contribution in [1.82, 2.24) is 9.80 Å². The number of alkyl halides is 3. The molecule has 3 fully saturated rings. The minimum Gasteiger partial charge on any atom is -0.475 e. The first-order valence-corrected chi connectivity index (χ1v) is 11.2. The Labute approximate surface area is 191 Å². The fourth-order valence-electron chi connectivity index (χ4n) is 4.90. The Balaban J connectivity index is 0.000000383. The summed E-state index contributed by atoms with van der Waals surface area (Å²) in [5, 5.41) is 7.12. The molecule has 2 saturated heterocycles. The molecule has 0 radical (unpaired) electrons. The molecule has 4 rings (SSSR count). The minimum absolute atomic E-state index is 0.117. The maximum absolute atomic E-state index is 13.0. The first-order chi connectivity index (χ1) is 15.5. The third-order valence-corrected chi connectivity index (χ3v) is 6.84. The highest BCUT2D eigenvalue weighted by molar-refractivity contribution is 5.96. The van der Waals surface area contributed by atoms with Gasteiger partial charge in [-0.3, -0.25) is 14.5 Å². The summed E-state index contributed by atoms with van der Waals surface area (Å²) >= 11 is 0. The topological polar surface area (TPSA) is 81.2 Å². The van der Waals surface area contributed by atoms with Gasteiger partial charge in [-0.05, 0) is 38.4 Å². The molecule has 3 aliphatic rings. The summed E-state index contributed by atoms with van der Waals surface area (Å²) < 4.78 is 31.7. The summed E-state index contributed by atoms with van der Waals surface area (Å²) in [7, 11) is 2.04. The van der Waals surface area contributed by atoms with E-state index in [4.69, 9.17) is 9.90 Å². The second-order valence-electron chi connectivity index (χ2n) is 9.04. The van der Waals surface area contributed by atoms with Crippen LogP contribution in [0.25, 0.3) is 0 Å². The van der Waals surface area contributed by atoms with Crippen LogP contribution in [0.15, 0.2) is 30.3 Å². The number of piperazine rings is 1. The number of benzene rings is 1. The van der Waals surface area contributed by atoms with Gasteiger partial charge < -0.3 is 14.9 Å². The highest BCUT2D eigenvalue weighted by Crippen LogP contribution is 2.35. The normalized spacial score (nSPS) is 24.5. The second-order valence-corrected chi connectivity index (χ2v) is 9.04. The molecule has 2 aliphatic heterocycles. The summed E-state index contributed by atoms with van der Waals surface area (Å²) in [6, 6.07) is 9.91. The third kappa shape index (κ3) is 5.85. The van der Waals surface area contributed by atoms with E-state index in [9.17, 15) is 22.8 Å². The number of rotatable bonds is 2. The Morgan fingerprint density at radius 1 is 1.06 bits per heavy atom. The number of aliphatic carboxylic acids is 1. The fraction of sp³-hybridized carbons (Fsp3) is 0.609. The molecule has 7 nitrogen and oxygen atoms in total. The lowest BCUT2D eigenvalue weighted by Crippen LogP contribution is -2.64. The molecular weight excluding hydrogens is 439 g/mol. The van der Waals surface area contributed by atoms with Gasteiger partial charge in [0.15, 0.2) is 0 Å². The van der Waals surface area contributed by atoms with Crippen LogP contribution in [0.1, 0.15) is 38.5 Å². The molecule has 1 aliphatic carbocycles. The standard InChI is InChI=1S/C21H29N3O2.C2HF3O2/c1-22-14-19(25)24(18-10-6-3-7-11-18)16-21(22)12-13-23(15-21)20(26)17-8-4-2-5-9-17;3-2(4,5)1(6)7/h3,6-7,10-11,17H,2,4-5,8-9,12-16H2,1H3;(H,6,7). The maximum atomic E-state index is 13.0. The largest absolute Gasteiger partial charge is 0.490 e. The number of carbonyl (C=O) groups excluding carboxylic acids is 2. The van der Waals surface area contributed by atoms with Crippen LogP contribution in [-0.4, -0.2) is 77.6 Å². The van der Waals surface area contributed by atoms with Crippen LogP contribution in [-0.2, 0) is 14.4 Å². The Kier molecular flexibility index (Phi) is 7.66. The molecule has 33 heavy (non-hydrogen) atoms. The van der Waals surface area contributed by atoms with Crippen LogP contribution in [0.2, 0.25) is 0 Å². The molecule has 2 heterocycles. The number of anilines is 1. The molecule has 1 aromatic carbocycles. The summed E-state index contributed by atoms with van der Waals surface area (Å²) in [6.45, 7) is 2.65. The van der Waals surface area contributed by atoms with E-state index >= 15 is 0 Å². The van der Waals surface area contributed by atoms with Crippen molar-refractivity contribution in [2.75, 3.05) is 38.1 Å². The zero-order chi connectivity index (χ0) is 24.2. The number of para-hydroxylation sites is 1. The first kappa shape index (κ1) is 25.0. The smallest absolute Gasteiger partial charge is 0.475 e. The molecule has 0 bridgehead atoms. The lowest BCUT2D eigenvalue weighted by Gasteiger charge is -2.46. The van der Waals surface area contributed by atoms with Crippen LogP contribution in [0, 0.1) is 5.92 Å². The van der Waals surface area contributed by atoms with Crippen molar-refractivity contribution in [1.29, 1.82) is 0 Å². The Bertz CT molecular complexity index is 858. The van der Waals surface area contributed by atoms with Gasteiger partial charge in [0, 0.05) is 31.2 Å². The average Bonchev–Trinajstić information content (AvgIpc) is 3.22. The van der Waals surface area contributed by atoms with Crippen LogP contribution in [0.3, 0.4) is 0 Å². The lowest BCUT2D eigenvalue weighted by molar-refractivity contribution is -0.192. The van der Waals surface area contributed by atoms with Crippen LogP contribution in [0.4, 0.5) is 18.9 Å². The molecule has 0 aromatic heterocycles. The number of carboxylic acids is 1. The number of likely N-dealkylation sites (tertiary alicyclic amines) is 1. The number of halogens is 3. The summed E-state index contributed by atoms with van der Waals surface area (Å²) in [4.78, 5) is 40.7. The zero-order valence-electron chi connectivity index (χ0n) is 18.7. The first-order valence-electron chi connectivity index (χ1n) is 11.2. The molecular formula is C23H30F3N3O4. The number of nitrogens with zero attached hydrogens (tertiary/aromatic N) is 3. The molecule has 182 valence electrons. The minimum atomic E-state index is -5.08. The molecule has 1 atom stereocenters. The SMILES string of the molecule is CN1CC(=O)N(c2ccccc2)CC12CCN(C(=O)C1CCCCC1)C2.O=C(O)C(F)(F)F. The number of amides is 2. The van der Waals surface area contributed by atoms with E-state index < -0.39 is 12.1 Å². The molecule has 2 amide bonds. The van der Waals surface area contributed by atoms with E-state index in [-0.39, 0.29) is 17.4 Å². The Morgan fingerprint density at radius 2 is 1.67 bits per heavy atom. The Morgan fingerprint density at radius 3 is 2.24 bits per heavy atom. The van der Waals surface area contributed by atoms with Gasteiger partial charge in [-0.25, -0.2) is 4.79 Å². The maximum Gasteiger partial charge on any atom is 0.490 e. The van der Waals surface area contributed by atoms with Gasteiger partial charge in [0.05, 0.1) is 12.1 Å². The molecule has 1 saturated carbocycles. The fourth-order valence-corrected chi connectivity index (χ4v) is 4.90. The second kappa shape index (κ2) is 10.1. The number of carbonyl (C=O) groups is 3. The van der Waals surface area contributed by atoms with E-state index in [0.717, 1.165) is 38.0 Å². The van der Waals surface area contributed by atoms with E-state index in [1.54, 1.807) is 0 Å². The Hall–Kier alpha value is -2.62. The van der Waals surface area contributed by atoms with E-state index in [0.29, 0.717) is 19.0 Å². The van der Waals surface area contributed by atoms with Gasteiger partial charge in [0.1, 0.15) is 0 Å². The molecule has 1 spiro atoms. The number of hydrogen-bond acceptors (Lipinski definition) is 4. The molecule has 1 N–H and O–H groups in total. The quantitative estimate of drug-likeness (QED) is 0.720. The van der Waals surface area contributed by atoms with E-state index in [1.165, 1.54) is 19.3 Å². The monoisotopic (exact) mass is 469 g/mol. The molecule has 10 heteroatoms. The third-order valence-electron chi connectivity index (χ3n) is 6.84. The van der Waals surface area contributed by atoms with Crippen molar-refractivity contribution in [3.8, 4) is 0 Å². The van der Waals surface area contributed by atoms with Crippen molar-refractivity contribution in [2.24, 2.45) is 5.92 Å². The molecule has 1 unspecified atom stereocenters. The predicted octanol–water partition coefficient (Wildman–Crippen LogP) is 3.15. The van der Waals surface area contributed by atoms with Gasteiger partial charge >= 0.3 is 12.1 Å². The number of hydrogen-bond donors (Lipinski definition) is 1. The van der Waals surface area contributed by atoms with Crippen molar-refractivity contribution in [3.05, 3.63) is 30.3 Å². The molecule has 1 aromatic rings. The van der Waals surface area contributed by atoms with Gasteiger partial charge in [-0.15, -0.1) is 0 Å². The van der Waals surface area contributed by atoms with Gasteiger partial charge in [0.25, 0.3) is 0 Å². The summed E-state index contributed by atoms with van der Waals surface area (Å²) in [6.07, 6.45) is 1.60. The van der Waals surface area contributed by atoms with Crippen molar-refractivity contribution in [3.63, 3.8) is 0 Å². The van der Waals surface area contributed by atoms with E-state index in [1.807, 2.05) is 42.3 Å². The van der Waals surface area contributed by atoms with Crippen LogP contribution < -0.4 is 4.90 Å². The number of carboxylic acid groups (broad SMARTS) is 1. The van der Waals surface area contributed by atoms with Crippen LogP contribution in [0.5, 0.6) is 0 Å².